The number of ketones is 1. The van der Waals surface area contributed by atoms with Crippen LogP contribution in [0, 0.1) is 6.92 Å². The maximum absolute atomic E-state index is 12.1. The van der Waals surface area contributed by atoms with Gasteiger partial charge in [0.25, 0.3) is 0 Å². The maximum atomic E-state index is 12.1. The standard InChI is InChI=1S/C18H21NO2/c1-13-7-8-18(21-2)15(9-13)11-19-10-14-5-3-4-6-17(20)16(14)12-19/h7-10,12H,3-6,11H2,1-2H3. The minimum Gasteiger partial charge on any atom is -0.496 e. The predicted molar refractivity (Wildman–Crippen MR) is 83.2 cm³/mol. The molecule has 0 amide bonds. The van der Waals surface area contributed by atoms with Crippen LogP contribution >= 0.6 is 0 Å². The molecule has 1 aromatic heterocycles. The van der Waals surface area contributed by atoms with Gasteiger partial charge in [-0.3, -0.25) is 4.79 Å². The number of ether oxygens (including phenoxy) is 1. The van der Waals surface area contributed by atoms with Crippen LogP contribution in [0.15, 0.2) is 30.6 Å². The predicted octanol–water partition coefficient (Wildman–Crippen LogP) is 3.76. The molecule has 2 aromatic rings. The van der Waals surface area contributed by atoms with Gasteiger partial charge in [0.1, 0.15) is 5.75 Å². The Morgan fingerprint density at radius 1 is 1.19 bits per heavy atom. The number of aromatic nitrogens is 1. The molecular formula is C18H21NO2. The van der Waals surface area contributed by atoms with Gasteiger partial charge < -0.3 is 9.30 Å². The first-order chi connectivity index (χ1) is 10.2. The normalized spacial score (nSPS) is 14.7. The summed E-state index contributed by atoms with van der Waals surface area (Å²) in [6.07, 6.45) is 7.95. The molecule has 21 heavy (non-hydrogen) atoms. The van der Waals surface area contributed by atoms with E-state index in [0.717, 1.165) is 42.7 Å². The number of methoxy groups -OCH3 is 1. The van der Waals surface area contributed by atoms with E-state index in [2.05, 4.69) is 29.8 Å². The van der Waals surface area contributed by atoms with E-state index in [1.165, 1.54) is 11.1 Å². The second-order valence-electron chi connectivity index (χ2n) is 5.82. The molecule has 0 saturated carbocycles. The number of Topliss-reactive ketones (excluding diaryl/α,β-unsaturated/α-hetero) is 1. The lowest BCUT2D eigenvalue weighted by Crippen LogP contribution is -2.01. The van der Waals surface area contributed by atoms with Crippen molar-refractivity contribution in [3.63, 3.8) is 0 Å². The van der Waals surface area contributed by atoms with Crippen molar-refractivity contribution >= 4 is 5.78 Å². The summed E-state index contributed by atoms with van der Waals surface area (Å²) >= 11 is 0. The van der Waals surface area contributed by atoms with Gasteiger partial charge in [0.15, 0.2) is 5.78 Å². The van der Waals surface area contributed by atoms with Crippen molar-refractivity contribution < 1.29 is 9.53 Å². The van der Waals surface area contributed by atoms with Crippen LogP contribution < -0.4 is 4.74 Å². The lowest BCUT2D eigenvalue weighted by atomic mass is 10.1. The van der Waals surface area contributed by atoms with Crippen LogP contribution in [-0.2, 0) is 13.0 Å². The molecule has 0 unspecified atom stereocenters. The first-order valence-electron chi connectivity index (χ1n) is 7.53. The molecule has 0 radical (unpaired) electrons. The van der Waals surface area contributed by atoms with Crippen LogP contribution in [0.2, 0.25) is 0 Å². The van der Waals surface area contributed by atoms with Crippen LogP contribution in [0.4, 0.5) is 0 Å². The zero-order valence-electron chi connectivity index (χ0n) is 12.7. The third kappa shape index (κ3) is 2.87. The fraction of sp³-hybridized carbons (Fsp3) is 0.389. The Hall–Kier alpha value is -2.03. The van der Waals surface area contributed by atoms with Crippen LogP contribution in [-0.4, -0.2) is 17.5 Å². The van der Waals surface area contributed by atoms with Gasteiger partial charge in [0.05, 0.1) is 13.7 Å². The number of carbonyl (C=O) groups is 1. The third-order valence-corrected chi connectivity index (χ3v) is 4.15. The minimum absolute atomic E-state index is 0.289. The lowest BCUT2D eigenvalue weighted by molar-refractivity contribution is 0.0982. The highest BCUT2D eigenvalue weighted by Crippen LogP contribution is 2.25. The Kier molecular flexibility index (Phi) is 3.82. The first-order valence-corrected chi connectivity index (χ1v) is 7.53. The molecular weight excluding hydrogens is 262 g/mol. The average molecular weight is 283 g/mol. The maximum Gasteiger partial charge on any atom is 0.164 e. The van der Waals surface area contributed by atoms with Crippen LogP contribution in [0.5, 0.6) is 5.75 Å². The number of carbonyl (C=O) groups excluding carboxylic acids is 1. The second kappa shape index (κ2) is 5.76. The quantitative estimate of drug-likeness (QED) is 0.803. The Labute approximate surface area is 125 Å². The van der Waals surface area contributed by atoms with Crippen LogP contribution in [0.3, 0.4) is 0 Å². The smallest absolute Gasteiger partial charge is 0.164 e. The molecule has 0 saturated heterocycles. The molecule has 110 valence electrons. The van der Waals surface area contributed by atoms with Crippen molar-refractivity contribution in [1.29, 1.82) is 0 Å². The van der Waals surface area contributed by atoms with E-state index in [9.17, 15) is 4.79 Å². The van der Waals surface area contributed by atoms with Crippen molar-refractivity contribution in [2.24, 2.45) is 0 Å². The van der Waals surface area contributed by atoms with Gasteiger partial charge >= 0.3 is 0 Å². The number of aryl methyl sites for hydroxylation is 2. The van der Waals surface area contributed by atoms with E-state index in [1.807, 2.05) is 12.3 Å². The highest BCUT2D eigenvalue weighted by Gasteiger charge is 2.18. The van der Waals surface area contributed by atoms with Crippen molar-refractivity contribution in [1.82, 2.24) is 4.57 Å². The molecule has 1 aliphatic carbocycles. The van der Waals surface area contributed by atoms with E-state index in [4.69, 9.17) is 4.74 Å². The van der Waals surface area contributed by atoms with Crippen molar-refractivity contribution in [2.45, 2.75) is 39.2 Å². The number of rotatable bonds is 3. The Morgan fingerprint density at radius 2 is 2.00 bits per heavy atom. The second-order valence-corrected chi connectivity index (χ2v) is 5.82. The van der Waals surface area contributed by atoms with E-state index >= 15 is 0 Å². The topological polar surface area (TPSA) is 31.2 Å². The molecule has 3 nitrogen and oxygen atoms in total. The molecule has 0 spiro atoms. The van der Waals surface area contributed by atoms with Crippen molar-refractivity contribution in [3.8, 4) is 5.75 Å². The number of fused-ring (bicyclic) bond motifs is 1. The average Bonchev–Trinajstić information content (AvgIpc) is 2.79. The molecule has 0 N–H and O–H groups in total. The van der Waals surface area contributed by atoms with Gasteiger partial charge in [-0.25, -0.2) is 0 Å². The summed E-state index contributed by atoms with van der Waals surface area (Å²) in [5.41, 5.74) is 4.48. The lowest BCUT2D eigenvalue weighted by Gasteiger charge is -2.10. The molecule has 1 aliphatic rings. The molecule has 0 bridgehead atoms. The minimum atomic E-state index is 0.289. The largest absolute Gasteiger partial charge is 0.496 e. The van der Waals surface area contributed by atoms with E-state index in [0.29, 0.717) is 6.42 Å². The summed E-state index contributed by atoms with van der Waals surface area (Å²) < 4.78 is 7.55. The number of hydrogen-bond acceptors (Lipinski definition) is 2. The molecule has 0 aliphatic heterocycles. The van der Waals surface area contributed by atoms with Gasteiger partial charge in [0, 0.05) is 29.9 Å². The van der Waals surface area contributed by atoms with Gasteiger partial charge in [-0.2, -0.15) is 0 Å². The zero-order valence-corrected chi connectivity index (χ0v) is 12.7. The Balaban J connectivity index is 1.91. The summed E-state index contributed by atoms with van der Waals surface area (Å²) in [6, 6.07) is 6.20. The highest BCUT2D eigenvalue weighted by molar-refractivity contribution is 5.97. The summed E-state index contributed by atoms with van der Waals surface area (Å²) in [4.78, 5) is 12.1. The van der Waals surface area contributed by atoms with Crippen molar-refractivity contribution in [3.05, 3.63) is 52.8 Å². The molecule has 3 heteroatoms. The van der Waals surface area contributed by atoms with Gasteiger partial charge in [-0.15, -0.1) is 0 Å². The Bertz CT molecular complexity index is 670. The summed E-state index contributed by atoms with van der Waals surface area (Å²) in [5, 5.41) is 0. The Morgan fingerprint density at radius 3 is 2.81 bits per heavy atom. The van der Waals surface area contributed by atoms with Crippen LogP contribution in [0.25, 0.3) is 0 Å². The highest BCUT2D eigenvalue weighted by atomic mass is 16.5. The molecule has 3 rings (SSSR count). The van der Waals surface area contributed by atoms with Gasteiger partial charge in [-0.05, 0) is 37.8 Å². The number of hydrogen-bond donors (Lipinski definition) is 0. The monoisotopic (exact) mass is 283 g/mol. The summed E-state index contributed by atoms with van der Waals surface area (Å²) in [6.45, 7) is 2.82. The number of nitrogens with zero attached hydrogens (tertiary/aromatic N) is 1. The molecule has 0 atom stereocenters. The van der Waals surface area contributed by atoms with Gasteiger partial charge in [0.2, 0.25) is 0 Å². The first kappa shape index (κ1) is 13.9. The van der Waals surface area contributed by atoms with Crippen LogP contribution in [0.1, 0.15) is 46.3 Å². The SMILES string of the molecule is COc1ccc(C)cc1Cn1cc2c(c1)C(=O)CCCC2. The zero-order chi connectivity index (χ0) is 14.8. The molecule has 1 heterocycles. The van der Waals surface area contributed by atoms with Crippen molar-refractivity contribution in [2.75, 3.05) is 7.11 Å². The summed E-state index contributed by atoms with van der Waals surface area (Å²) in [7, 11) is 1.70. The van der Waals surface area contributed by atoms with E-state index in [-0.39, 0.29) is 5.78 Å². The summed E-state index contributed by atoms with van der Waals surface area (Å²) in [5.74, 6) is 1.19. The number of benzene rings is 1. The fourth-order valence-electron chi connectivity index (χ4n) is 3.06. The third-order valence-electron chi connectivity index (χ3n) is 4.15. The molecule has 1 aromatic carbocycles. The van der Waals surface area contributed by atoms with Gasteiger partial charge in [-0.1, -0.05) is 17.7 Å². The fourth-order valence-corrected chi connectivity index (χ4v) is 3.06. The van der Waals surface area contributed by atoms with E-state index in [1.54, 1.807) is 7.11 Å². The molecule has 0 fully saturated rings. The van der Waals surface area contributed by atoms with E-state index < -0.39 is 0 Å².